The van der Waals surface area contributed by atoms with Gasteiger partial charge in [-0.25, -0.2) is 0 Å². The number of hydrogen-bond acceptors (Lipinski definition) is 5. The summed E-state index contributed by atoms with van der Waals surface area (Å²) in [5.74, 6) is -0.120. The lowest BCUT2D eigenvalue weighted by Crippen LogP contribution is -2.34. The van der Waals surface area contributed by atoms with Gasteiger partial charge in [0.15, 0.2) is 0 Å². The van der Waals surface area contributed by atoms with Crippen molar-refractivity contribution >= 4 is 5.91 Å². The number of likely N-dealkylation sites (N-methyl/N-ethyl adjacent to an activating group) is 1. The molecule has 2 aromatic rings. The molecule has 194 valence electrons. The fraction of sp³-hybridized carbons (Fsp3) is 0.423. The molecular formula is C26H35F3N2O4. The van der Waals surface area contributed by atoms with E-state index >= 15 is 0 Å². The molecule has 0 fully saturated rings. The lowest BCUT2D eigenvalue weighted by molar-refractivity contribution is -0.274. The zero-order chi connectivity index (χ0) is 26.6. The van der Waals surface area contributed by atoms with Gasteiger partial charge in [0.25, 0.3) is 0 Å². The Bertz CT molecular complexity index is 905. The number of amides is 1. The standard InChI is InChI=1S/C18H28N2O3.C8H7F3O/c1-5-12(3)13-8-7-9-14(16(22)11-21)18(13)15(19-4)10-20-17(23)6-2;1-6-2-4-7(5-3-6)12-8(9,10)11/h6-9,12,15-16,19,21-22H,2,5,10-11H2,1,3-4H3,(H,20,23);2-5H,1H3. The Balaban J connectivity index is 0.000000427. The van der Waals surface area contributed by atoms with Crippen LogP contribution >= 0.6 is 0 Å². The second-order valence-corrected chi connectivity index (χ2v) is 8.01. The number of carbonyl (C=O) groups is 1. The number of carbonyl (C=O) groups excluding carboxylic acids is 1. The van der Waals surface area contributed by atoms with Crippen LogP contribution in [0.15, 0.2) is 55.1 Å². The molecule has 9 heteroatoms. The molecule has 4 N–H and O–H groups in total. The number of nitrogens with one attached hydrogen (secondary N) is 2. The van der Waals surface area contributed by atoms with Crippen molar-refractivity contribution in [3.05, 3.63) is 77.4 Å². The van der Waals surface area contributed by atoms with Crippen LogP contribution in [-0.4, -0.2) is 42.7 Å². The van der Waals surface area contributed by atoms with Crippen LogP contribution in [0.2, 0.25) is 0 Å². The number of aliphatic hydroxyl groups excluding tert-OH is 2. The molecule has 6 nitrogen and oxygen atoms in total. The number of aryl methyl sites for hydroxylation is 1. The smallest absolute Gasteiger partial charge is 0.406 e. The molecule has 0 spiro atoms. The second kappa shape index (κ2) is 14.5. The molecule has 0 saturated heterocycles. The highest BCUT2D eigenvalue weighted by Gasteiger charge is 2.30. The zero-order valence-corrected chi connectivity index (χ0v) is 20.5. The number of alkyl halides is 3. The van der Waals surface area contributed by atoms with Crippen molar-refractivity contribution in [2.45, 2.75) is 51.6 Å². The van der Waals surface area contributed by atoms with Crippen molar-refractivity contribution in [2.75, 3.05) is 20.2 Å². The Morgan fingerprint density at radius 1 is 1.17 bits per heavy atom. The van der Waals surface area contributed by atoms with Crippen LogP contribution in [0.4, 0.5) is 13.2 Å². The van der Waals surface area contributed by atoms with Crippen molar-refractivity contribution in [1.29, 1.82) is 0 Å². The minimum atomic E-state index is -4.60. The Labute approximate surface area is 204 Å². The van der Waals surface area contributed by atoms with Crippen LogP contribution in [0, 0.1) is 6.92 Å². The van der Waals surface area contributed by atoms with E-state index in [1.54, 1.807) is 19.1 Å². The molecule has 0 aliphatic heterocycles. The van der Waals surface area contributed by atoms with Gasteiger partial charge in [-0.15, -0.1) is 13.2 Å². The highest BCUT2D eigenvalue weighted by Crippen LogP contribution is 2.33. The molecule has 0 radical (unpaired) electrons. The van der Waals surface area contributed by atoms with Crippen molar-refractivity contribution in [3.63, 3.8) is 0 Å². The number of rotatable bonds is 10. The molecule has 1 amide bonds. The second-order valence-electron chi connectivity index (χ2n) is 8.01. The van der Waals surface area contributed by atoms with Gasteiger partial charge in [0.1, 0.15) is 11.9 Å². The average molecular weight is 497 g/mol. The number of benzene rings is 2. The van der Waals surface area contributed by atoms with Crippen LogP contribution in [-0.2, 0) is 4.79 Å². The van der Waals surface area contributed by atoms with Gasteiger partial charge in [0, 0.05) is 6.54 Å². The fourth-order valence-electron chi connectivity index (χ4n) is 3.41. The summed E-state index contributed by atoms with van der Waals surface area (Å²) < 4.78 is 38.5. The van der Waals surface area contributed by atoms with Gasteiger partial charge >= 0.3 is 6.36 Å². The van der Waals surface area contributed by atoms with Gasteiger partial charge in [-0.05, 0) is 61.2 Å². The molecule has 3 unspecified atom stereocenters. The van der Waals surface area contributed by atoms with Crippen LogP contribution in [0.1, 0.15) is 60.6 Å². The van der Waals surface area contributed by atoms with Gasteiger partial charge in [-0.3, -0.25) is 4.79 Å². The summed E-state index contributed by atoms with van der Waals surface area (Å²) in [7, 11) is 1.81. The number of hydrogen-bond donors (Lipinski definition) is 4. The predicted molar refractivity (Wildman–Crippen MR) is 130 cm³/mol. The number of halogens is 3. The molecule has 0 saturated carbocycles. The van der Waals surface area contributed by atoms with Gasteiger partial charge in [-0.1, -0.05) is 56.3 Å². The summed E-state index contributed by atoms with van der Waals surface area (Å²) in [5, 5.41) is 25.5. The van der Waals surface area contributed by atoms with Gasteiger partial charge in [0.2, 0.25) is 5.91 Å². The van der Waals surface area contributed by atoms with Gasteiger partial charge in [-0.2, -0.15) is 0 Å². The van der Waals surface area contributed by atoms with E-state index in [2.05, 4.69) is 35.8 Å². The van der Waals surface area contributed by atoms with E-state index in [1.165, 1.54) is 18.2 Å². The van der Waals surface area contributed by atoms with E-state index in [4.69, 9.17) is 0 Å². The largest absolute Gasteiger partial charge is 0.573 e. The van der Waals surface area contributed by atoms with Crippen molar-refractivity contribution in [2.24, 2.45) is 0 Å². The Morgan fingerprint density at radius 3 is 2.26 bits per heavy atom. The molecule has 35 heavy (non-hydrogen) atoms. The first-order chi connectivity index (χ1) is 16.5. The highest BCUT2D eigenvalue weighted by molar-refractivity contribution is 5.86. The normalized spacial score (nSPS) is 13.6. The monoisotopic (exact) mass is 496 g/mol. The molecule has 0 bridgehead atoms. The quantitative estimate of drug-likeness (QED) is 0.359. The third kappa shape index (κ3) is 10.1. The first-order valence-electron chi connectivity index (χ1n) is 11.3. The predicted octanol–water partition coefficient (Wildman–Crippen LogP) is 4.68. The van der Waals surface area contributed by atoms with E-state index in [-0.39, 0.29) is 24.3 Å². The Kier molecular flexibility index (Phi) is 12.5. The zero-order valence-electron chi connectivity index (χ0n) is 20.5. The molecule has 0 aliphatic rings. The maximum Gasteiger partial charge on any atom is 0.573 e. The van der Waals surface area contributed by atoms with E-state index in [0.29, 0.717) is 18.0 Å². The third-order valence-corrected chi connectivity index (χ3v) is 5.47. The van der Waals surface area contributed by atoms with Crippen molar-refractivity contribution < 1.29 is 32.9 Å². The molecular weight excluding hydrogens is 461 g/mol. The third-order valence-electron chi connectivity index (χ3n) is 5.47. The van der Waals surface area contributed by atoms with E-state index < -0.39 is 12.5 Å². The van der Waals surface area contributed by atoms with Crippen molar-refractivity contribution in [3.8, 4) is 5.75 Å². The highest BCUT2D eigenvalue weighted by atomic mass is 19.4. The van der Waals surface area contributed by atoms with Gasteiger partial charge in [0.05, 0.1) is 12.6 Å². The Morgan fingerprint density at radius 2 is 1.77 bits per heavy atom. The Hall–Kier alpha value is -2.88. The van der Waals surface area contributed by atoms with Crippen molar-refractivity contribution in [1.82, 2.24) is 10.6 Å². The first kappa shape index (κ1) is 30.2. The summed E-state index contributed by atoms with van der Waals surface area (Å²) in [6, 6.07) is 11.3. The van der Waals surface area contributed by atoms with Gasteiger partial charge < -0.3 is 25.6 Å². The summed E-state index contributed by atoms with van der Waals surface area (Å²) in [5.41, 5.74) is 3.64. The molecule has 0 aromatic heterocycles. The summed E-state index contributed by atoms with van der Waals surface area (Å²) >= 11 is 0. The number of ether oxygens (including phenoxy) is 1. The molecule has 0 aliphatic carbocycles. The topological polar surface area (TPSA) is 90.8 Å². The molecule has 2 aromatic carbocycles. The SMILES string of the molecule is C=CC(=O)NCC(NC)c1c(C(C)CC)cccc1C(O)CO.Cc1ccc(OC(F)(F)F)cc1. The maximum absolute atomic E-state index is 11.6. The summed E-state index contributed by atoms with van der Waals surface area (Å²) in [6.45, 7) is 9.51. The number of aliphatic hydroxyl groups is 2. The van der Waals surface area contributed by atoms with E-state index in [1.807, 2.05) is 25.2 Å². The molecule has 0 heterocycles. The average Bonchev–Trinajstić information content (AvgIpc) is 2.84. The summed E-state index contributed by atoms with van der Waals surface area (Å²) in [6.07, 6.45) is -3.35. The minimum Gasteiger partial charge on any atom is -0.406 e. The van der Waals surface area contributed by atoms with E-state index in [9.17, 15) is 28.2 Å². The van der Waals surface area contributed by atoms with Crippen LogP contribution in [0.25, 0.3) is 0 Å². The first-order valence-corrected chi connectivity index (χ1v) is 11.3. The van der Waals surface area contributed by atoms with Crippen LogP contribution in [0.3, 0.4) is 0 Å². The maximum atomic E-state index is 11.6. The van der Waals surface area contributed by atoms with E-state index in [0.717, 1.165) is 23.1 Å². The fourth-order valence-corrected chi connectivity index (χ4v) is 3.41. The molecule has 2 rings (SSSR count). The lowest BCUT2D eigenvalue weighted by Gasteiger charge is -2.27. The lowest BCUT2D eigenvalue weighted by atomic mass is 9.85. The summed E-state index contributed by atoms with van der Waals surface area (Å²) in [4.78, 5) is 11.5. The minimum absolute atomic E-state index is 0.166. The van der Waals surface area contributed by atoms with Crippen LogP contribution < -0.4 is 15.4 Å². The molecule has 3 atom stereocenters. The van der Waals surface area contributed by atoms with Crippen LogP contribution in [0.5, 0.6) is 5.75 Å².